The highest BCUT2D eigenvalue weighted by Crippen LogP contribution is 2.33. The summed E-state index contributed by atoms with van der Waals surface area (Å²) >= 11 is 0. The van der Waals surface area contributed by atoms with E-state index in [0.717, 1.165) is 18.7 Å². The van der Waals surface area contributed by atoms with E-state index in [1.807, 2.05) is 47.4 Å². The van der Waals surface area contributed by atoms with Gasteiger partial charge in [0, 0.05) is 32.7 Å². The van der Waals surface area contributed by atoms with Crippen molar-refractivity contribution in [3.63, 3.8) is 0 Å². The van der Waals surface area contributed by atoms with Crippen LogP contribution >= 0.6 is 0 Å². The van der Waals surface area contributed by atoms with Crippen molar-refractivity contribution in [1.29, 1.82) is 0 Å². The molecule has 0 unspecified atom stereocenters. The van der Waals surface area contributed by atoms with Gasteiger partial charge in [-0.25, -0.2) is 0 Å². The molecule has 2 aliphatic heterocycles. The van der Waals surface area contributed by atoms with Gasteiger partial charge in [0.1, 0.15) is 11.4 Å². The van der Waals surface area contributed by atoms with Gasteiger partial charge in [0.05, 0.1) is 25.8 Å². The van der Waals surface area contributed by atoms with E-state index in [1.165, 1.54) is 4.90 Å². The lowest BCUT2D eigenvalue weighted by molar-refractivity contribution is -0.138. The number of carbonyl (C=O) groups excluding carboxylic acids is 2. The average Bonchev–Trinajstić information content (AvgIpc) is 3.05. The van der Waals surface area contributed by atoms with Gasteiger partial charge in [0.15, 0.2) is 0 Å². The number of piperazine rings is 1. The monoisotopic (exact) mass is 421 g/mol. The van der Waals surface area contributed by atoms with E-state index in [-0.39, 0.29) is 25.0 Å². The summed E-state index contributed by atoms with van der Waals surface area (Å²) in [5.41, 5.74) is 2.53. The summed E-state index contributed by atoms with van der Waals surface area (Å²) in [4.78, 5) is 32.4. The first-order valence-electron chi connectivity index (χ1n) is 10.5. The SMILES string of the molecule is COc1ccc(C2=C(N3CCN(CCO)CC3)C(=O)N(Cc3ccccc3)C2=O)cc1. The molecule has 2 amide bonds. The number of aliphatic hydroxyl groups excluding tert-OH is 1. The predicted octanol–water partition coefficient (Wildman–Crippen LogP) is 1.59. The molecule has 31 heavy (non-hydrogen) atoms. The summed E-state index contributed by atoms with van der Waals surface area (Å²) in [5.74, 6) is 0.170. The van der Waals surface area contributed by atoms with Crippen LogP contribution in [0.1, 0.15) is 11.1 Å². The molecule has 162 valence electrons. The Bertz CT molecular complexity index is 964. The molecule has 1 N–H and O–H groups in total. The Balaban J connectivity index is 1.67. The van der Waals surface area contributed by atoms with E-state index < -0.39 is 0 Å². The molecule has 7 heteroatoms. The van der Waals surface area contributed by atoms with Gasteiger partial charge in [0.25, 0.3) is 11.8 Å². The minimum atomic E-state index is -0.271. The van der Waals surface area contributed by atoms with Crippen LogP contribution in [0.25, 0.3) is 5.57 Å². The van der Waals surface area contributed by atoms with E-state index in [0.29, 0.717) is 42.2 Å². The highest BCUT2D eigenvalue weighted by Gasteiger charge is 2.42. The Kier molecular flexibility index (Phi) is 6.34. The molecule has 0 atom stereocenters. The minimum Gasteiger partial charge on any atom is -0.497 e. The van der Waals surface area contributed by atoms with Crippen LogP contribution in [-0.2, 0) is 16.1 Å². The molecule has 0 aromatic heterocycles. The lowest BCUT2D eigenvalue weighted by atomic mass is 10.0. The minimum absolute atomic E-state index is 0.113. The molecule has 0 spiro atoms. The maximum absolute atomic E-state index is 13.5. The number of β-amino-alcohol motifs (C(OH)–C–C–N with tert-alkyl or cyclic N) is 1. The Hall–Kier alpha value is -3.16. The number of hydrogen-bond donors (Lipinski definition) is 1. The number of benzene rings is 2. The highest BCUT2D eigenvalue weighted by molar-refractivity contribution is 6.35. The fourth-order valence-corrected chi connectivity index (χ4v) is 4.12. The van der Waals surface area contributed by atoms with Crippen molar-refractivity contribution in [2.24, 2.45) is 0 Å². The van der Waals surface area contributed by atoms with Crippen molar-refractivity contribution in [3.05, 3.63) is 71.4 Å². The molecule has 0 saturated carbocycles. The van der Waals surface area contributed by atoms with Crippen LogP contribution in [0.5, 0.6) is 5.75 Å². The zero-order chi connectivity index (χ0) is 21.8. The average molecular weight is 421 g/mol. The Morgan fingerprint density at radius 3 is 2.19 bits per heavy atom. The molecular formula is C24H27N3O4. The summed E-state index contributed by atoms with van der Waals surface area (Å²) in [6.45, 7) is 3.71. The van der Waals surface area contributed by atoms with Crippen LogP contribution in [0.15, 0.2) is 60.3 Å². The van der Waals surface area contributed by atoms with Gasteiger partial charge in [-0.3, -0.25) is 19.4 Å². The number of aliphatic hydroxyl groups is 1. The summed E-state index contributed by atoms with van der Waals surface area (Å²) in [6, 6.07) is 16.8. The first kappa shape index (κ1) is 21.1. The quantitative estimate of drug-likeness (QED) is 0.685. The molecule has 4 rings (SSSR count). The number of methoxy groups -OCH3 is 1. The lowest BCUT2D eigenvalue weighted by Gasteiger charge is -2.36. The van der Waals surface area contributed by atoms with E-state index in [1.54, 1.807) is 19.2 Å². The van der Waals surface area contributed by atoms with E-state index >= 15 is 0 Å². The molecule has 2 aliphatic rings. The van der Waals surface area contributed by atoms with Crippen LogP contribution in [0.4, 0.5) is 0 Å². The number of hydrogen-bond acceptors (Lipinski definition) is 6. The third-order valence-electron chi connectivity index (χ3n) is 5.81. The first-order chi connectivity index (χ1) is 15.1. The summed E-state index contributed by atoms with van der Waals surface area (Å²) < 4.78 is 5.24. The van der Waals surface area contributed by atoms with E-state index in [9.17, 15) is 14.7 Å². The number of ether oxygens (including phenoxy) is 1. The molecule has 0 radical (unpaired) electrons. The molecule has 2 aromatic rings. The standard InChI is InChI=1S/C24H27N3O4/c1-31-20-9-7-19(8-10-20)21-22(26-13-11-25(12-14-26)15-16-28)24(30)27(23(21)29)17-18-5-3-2-4-6-18/h2-10,28H,11-17H2,1H3. The van der Waals surface area contributed by atoms with Gasteiger partial charge in [-0.15, -0.1) is 0 Å². The molecular weight excluding hydrogens is 394 g/mol. The van der Waals surface area contributed by atoms with Crippen molar-refractivity contribution in [2.75, 3.05) is 46.4 Å². The third kappa shape index (κ3) is 4.33. The molecule has 2 heterocycles. The Morgan fingerprint density at radius 1 is 0.903 bits per heavy atom. The van der Waals surface area contributed by atoms with Crippen LogP contribution in [0.2, 0.25) is 0 Å². The van der Waals surface area contributed by atoms with E-state index in [4.69, 9.17) is 4.74 Å². The second kappa shape index (κ2) is 9.32. The summed E-state index contributed by atoms with van der Waals surface area (Å²) in [6.07, 6.45) is 0. The summed E-state index contributed by atoms with van der Waals surface area (Å²) in [7, 11) is 1.59. The van der Waals surface area contributed by atoms with Crippen molar-refractivity contribution in [3.8, 4) is 5.75 Å². The fraction of sp³-hybridized carbons (Fsp3) is 0.333. The number of nitrogens with zero attached hydrogens (tertiary/aromatic N) is 3. The third-order valence-corrected chi connectivity index (χ3v) is 5.81. The smallest absolute Gasteiger partial charge is 0.278 e. The zero-order valence-corrected chi connectivity index (χ0v) is 17.7. The largest absolute Gasteiger partial charge is 0.497 e. The van der Waals surface area contributed by atoms with Gasteiger partial charge in [-0.05, 0) is 23.3 Å². The normalized spacial score (nSPS) is 17.6. The van der Waals surface area contributed by atoms with Crippen LogP contribution in [0.3, 0.4) is 0 Å². The second-order valence-corrected chi connectivity index (χ2v) is 7.69. The first-order valence-corrected chi connectivity index (χ1v) is 10.5. The fourth-order valence-electron chi connectivity index (χ4n) is 4.12. The Morgan fingerprint density at radius 2 is 1.58 bits per heavy atom. The van der Waals surface area contributed by atoms with Crippen LogP contribution in [-0.4, -0.2) is 78.1 Å². The van der Waals surface area contributed by atoms with Gasteiger partial charge < -0.3 is 14.7 Å². The number of amides is 2. The Labute approximate surface area is 182 Å². The van der Waals surface area contributed by atoms with E-state index in [2.05, 4.69) is 4.90 Å². The van der Waals surface area contributed by atoms with Crippen LogP contribution in [0, 0.1) is 0 Å². The predicted molar refractivity (Wildman–Crippen MR) is 117 cm³/mol. The topological polar surface area (TPSA) is 73.3 Å². The molecule has 0 bridgehead atoms. The number of imide groups is 1. The summed E-state index contributed by atoms with van der Waals surface area (Å²) in [5, 5.41) is 9.20. The van der Waals surface area contributed by atoms with Gasteiger partial charge >= 0.3 is 0 Å². The molecule has 0 aliphatic carbocycles. The maximum atomic E-state index is 13.5. The number of rotatable bonds is 7. The lowest BCUT2D eigenvalue weighted by Crippen LogP contribution is -2.48. The van der Waals surface area contributed by atoms with Crippen molar-refractivity contribution in [1.82, 2.24) is 14.7 Å². The molecule has 1 saturated heterocycles. The molecule has 7 nitrogen and oxygen atoms in total. The van der Waals surface area contributed by atoms with Gasteiger partial charge in [-0.1, -0.05) is 42.5 Å². The highest BCUT2D eigenvalue weighted by atomic mass is 16.5. The molecule has 1 fully saturated rings. The zero-order valence-electron chi connectivity index (χ0n) is 17.7. The molecule has 2 aromatic carbocycles. The van der Waals surface area contributed by atoms with Crippen LogP contribution < -0.4 is 4.74 Å². The second-order valence-electron chi connectivity index (χ2n) is 7.69. The van der Waals surface area contributed by atoms with Crippen molar-refractivity contribution < 1.29 is 19.4 Å². The van der Waals surface area contributed by atoms with Crippen molar-refractivity contribution in [2.45, 2.75) is 6.54 Å². The number of carbonyl (C=O) groups is 2. The van der Waals surface area contributed by atoms with Crippen molar-refractivity contribution >= 4 is 17.4 Å². The van der Waals surface area contributed by atoms with Gasteiger partial charge in [-0.2, -0.15) is 0 Å². The van der Waals surface area contributed by atoms with Gasteiger partial charge in [0.2, 0.25) is 0 Å². The maximum Gasteiger partial charge on any atom is 0.278 e.